The lowest BCUT2D eigenvalue weighted by Gasteiger charge is -2.45. The lowest BCUT2D eigenvalue weighted by atomic mass is 9.75. The summed E-state index contributed by atoms with van der Waals surface area (Å²) in [5.74, 6) is 2.47. The van der Waals surface area contributed by atoms with Crippen LogP contribution in [-0.2, 0) is 16.1 Å². The lowest BCUT2D eigenvalue weighted by molar-refractivity contribution is -0.0441. The van der Waals surface area contributed by atoms with Crippen LogP contribution in [0.2, 0.25) is 0 Å². The number of hydrogen-bond acceptors (Lipinski definition) is 4. The van der Waals surface area contributed by atoms with Crippen molar-refractivity contribution in [1.82, 2.24) is 4.90 Å². The van der Waals surface area contributed by atoms with Crippen LogP contribution in [-0.4, -0.2) is 37.7 Å². The van der Waals surface area contributed by atoms with Crippen molar-refractivity contribution in [1.29, 1.82) is 0 Å². The second kappa shape index (κ2) is 7.63. The van der Waals surface area contributed by atoms with E-state index in [9.17, 15) is 0 Å². The zero-order valence-corrected chi connectivity index (χ0v) is 15.7. The van der Waals surface area contributed by atoms with Gasteiger partial charge in [0.05, 0.1) is 13.2 Å². The normalized spacial score (nSPS) is 27.8. The zero-order valence-electron chi connectivity index (χ0n) is 15.7. The first kappa shape index (κ1) is 17.2. The molecule has 0 aliphatic carbocycles. The molecule has 0 N–H and O–H groups in total. The van der Waals surface area contributed by atoms with Gasteiger partial charge in [-0.15, -0.1) is 0 Å². The van der Waals surface area contributed by atoms with Gasteiger partial charge in [0.15, 0.2) is 6.29 Å². The first-order valence-electron chi connectivity index (χ1n) is 10.1. The van der Waals surface area contributed by atoms with E-state index in [1.165, 1.54) is 43.6 Å². The number of fused-ring (bicyclic) bond motifs is 3. The molecule has 4 fully saturated rings. The van der Waals surface area contributed by atoms with Crippen molar-refractivity contribution >= 4 is 0 Å². The summed E-state index contributed by atoms with van der Waals surface area (Å²) in [5, 5.41) is 0. The van der Waals surface area contributed by atoms with Crippen molar-refractivity contribution in [3.05, 3.63) is 65.2 Å². The molecule has 4 saturated heterocycles. The topological polar surface area (TPSA) is 30.9 Å². The van der Waals surface area contributed by atoms with E-state index in [2.05, 4.69) is 53.4 Å². The summed E-state index contributed by atoms with van der Waals surface area (Å²) in [4.78, 5) is 2.60. The standard InChI is InChI=1S/C23H27NO3/c1-2-4-22(20(3-1)21-15-24-11-9-18(21)10-12-24)27-16-17-5-7-19(8-6-17)23-25-13-14-26-23/h1-8,18,21,23H,9-16H2/t21-/m1/s1. The van der Waals surface area contributed by atoms with Crippen LogP contribution in [0, 0.1) is 5.92 Å². The van der Waals surface area contributed by atoms with E-state index in [1.54, 1.807) is 0 Å². The number of para-hydroxylation sites is 1. The van der Waals surface area contributed by atoms with Gasteiger partial charge in [0.2, 0.25) is 0 Å². The van der Waals surface area contributed by atoms with Gasteiger partial charge in [-0.3, -0.25) is 0 Å². The van der Waals surface area contributed by atoms with Gasteiger partial charge in [0, 0.05) is 18.0 Å². The monoisotopic (exact) mass is 365 g/mol. The molecule has 2 aromatic rings. The molecule has 6 rings (SSSR count). The highest BCUT2D eigenvalue weighted by atomic mass is 16.7. The van der Waals surface area contributed by atoms with E-state index in [0.29, 0.717) is 25.7 Å². The molecule has 2 aromatic carbocycles. The Morgan fingerprint density at radius 1 is 0.926 bits per heavy atom. The van der Waals surface area contributed by atoms with Crippen molar-refractivity contribution in [3.8, 4) is 5.75 Å². The predicted molar refractivity (Wildman–Crippen MR) is 104 cm³/mol. The zero-order chi connectivity index (χ0) is 18.1. The van der Waals surface area contributed by atoms with Gasteiger partial charge in [-0.2, -0.15) is 0 Å². The van der Waals surface area contributed by atoms with E-state index >= 15 is 0 Å². The Balaban J connectivity index is 1.27. The molecular weight excluding hydrogens is 338 g/mol. The fraction of sp³-hybridized carbons (Fsp3) is 0.478. The van der Waals surface area contributed by atoms with Crippen molar-refractivity contribution in [3.63, 3.8) is 0 Å². The molecule has 0 spiro atoms. The maximum absolute atomic E-state index is 6.27. The fourth-order valence-corrected chi connectivity index (χ4v) is 4.72. The van der Waals surface area contributed by atoms with Gasteiger partial charge in [-0.05, 0) is 49.0 Å². The highest BCUT2D eigenvalue weighted by molar-refractivity contribution is 5.38. The second-order valence-corrected chi connectivity index (χ2v) is 7.89. The third-order valence-corrected chi connectivity index (χ3v) is 6.24. The van der Waals surface area contributed by atoms with Crippen LogP contribution in [0.5, 0.6) is 5.75 Å². The Bertz CT molecular complexity index is 761. The predicted octanol–water partition coefficient (Wildman–Crippen LogP) is 4.12. The maximum Gasteiger partial charge on any atom is 0.184 e. The summed E-state index contributed by atoms with van der Waals surface area (Å²) in [6.45, 7) is 5.65. The second-order valence-electron chi connectivity index (χ2n) is 7.89. The first-order valence-corrected chi connectivity index (χ1v) is 10.1. The molecule has 1 atom stereocenters. The Hall–Kier alpha value is -1.88. The van der Waals surface area contributed by atoms with E-state index < -0.39 is 0 Å². The van der Waals surface area contributed by atoms with Crippen molar-refractivity contribution in [2.24, 2.45) is 5.92 Å². The Morgan fingerprint density at radius 2 is 1.67 bits per heavy atom. The van der Waals surface area contributed by atoms with Gasteiger partial charge in [0.25, 0.3) is 0 Å². The number of ether oxygens (including phenoxy) is 3. The highest BCUT2D eigenvalue weighted by Gasteiger charge is 2.36. The molecule has 4 heterocycles. The van der Waals surface area contributed by atoms with Crippen LogP contribution < -0.4 is 4.74 Å². The Morgan fingerprint density at radius 3 is 2.37 bits per heavy atom. The number of rotatable bonds is 5. The number of piperidine rings is 3. The van der Waals surface area contributed by atoms with Gasteiger partial charge in [-0.1, -0.05) is 42.5 Å². The average molecular weight is 365 g/mol. The molecule has 4 aliphatic rings. The van der Waals surface area contributed by atoms with Crippen molar-refractivity contribution in [2.75, 3.05) is 32.8 Å². The summed E-state index contributed by atoms with van der Waals surface area (Å²) in [6, 6.07) is 17.0. The molecule has 4 heteroatoms. The molecular formula is C23H27NO3. The largest absolute Gasteiger partial charge is 0.489 e. The number of benzene rings is 2. The minimum absolute atomic E-state index is 0.211. The quantitative estimate of drug-likeness (QED) is 0.798. The third-order valence-electron chi connectivity index (χ3n) is 6.24. The van der Waals surface area contributed by atoms with E-state index in [0.717, 1.165) is 17.2 Å². The van der Waals surface area contributed by atoms with Crippen LogP contribution in [0.25, 0.3) is 0 Å². The molecule has 27 heavy (non-hydrogen) atoms. The van der Waals surface area contributed by atoms with Gasteiger partial charge in [-0.25, -0.2) is 0 Å². The number of hydrogen-bond donors (Lipinski definition) is 0. The Kier molecular flexibility index (Phi) is 4.87. The third kappa shape index (κ3) is 3.62. The molecule has 4 aliphatic heterocycles. The smallest absolute Gasteiger partial charge is 0.184 e. The van der Waals surface area contributed by atoms with Crippen LogP contribution in [0.3, 0.4) is 0 Å². The molecule has 0 saturated carbocycles. The molecule has 0 amide bonds. The molecule has 0 unspecified atom stereocenters. The molecule has 2 bridgehead atoms. The van der Waals surface area contributed by atoms with E-state index in [4.69, 9.17) is 14.2 Å². The SMILES string of the molecule is c1ccc([C@@H]2CN3CCC2CC3)c(OCc2ccc(C3OCCO3)cc2)c1. The average Bonchev–Trinajstić information content (AvgIpc) is 3.29. The van der Waals surface area contributed by atoms with Gasteiger partial charge in [0.1, 0.15) is 12.4 Å². The summed E-state index contributed by atoms with van der Waals surface area (Å²) in [6.07, 6.45) is 2.44. The number of nitrogens with zero attached hydrogens (tertiary/aromatic N) is 1. The lowest BCUT2D eigenvalue weighted by Crippen LogP contribution is -2.46. The maximum atomic E-state index is 6.27. The van der Waals surface area contributed by atoms with Gasteiger partial charge >= 0.3 is 0 Å². The highest BCUT2D eigenvalue weighted by Crippen LogP contribution is 2.42. The molecule has 0 aromatic heterocycles. The minimum Gasteiger partial charge on any atom is -0.489 e. The summed E-state index contributed by atoms with van der Waals surface area (Å²) >= 11 is 0. The summed E-state index contributed by atoms with van der Waals surface area (Å²) in [7, 11) is 0. The van der Waals surface area contributed by atoms with Crippen LogP contribution in [0.15, 0.2) is 48.5 Å². The van der Waals surface area contributed by atoms with Crippen molar-refractivity contribution in [2.45, 2.75) is 31.7 Å². The Labute approximate surface area is 161 Å². The van der Waals surface area contributed by atoms with E-state index in [-0.39, 0.29) is 6.29 Å². The minimum atomic E-state index is -0.211. The summed E-state index contributed by atoms with van der Waals surface area (Å²) in [5.41, 5.74) is 3.63. The molecule has 142 valence electrons. The van der Waals surface area contributed by atoms with E-state index in [1.807, 2.05) is 0 Å². The van der Waals surface area contributed by atoms with Gasteiger partial charge < -0.3 is 19.1 Å². The van der Waals surface area contributed by atoms with Crippen LogP contribution >= 0.6 is 0 Å². The molecule has 0 radical (unpaired) electrons. The molecule has 4 nitrogen and oxygen atoms in total. The first-order chi connectivity index (χ1) is 13.4. The van der Waals surface area contributed by atoms with Crippen LogP contribution in [0.1, 0.15) is 41.7 Å². The summed E-state index contributed by atoms with van der Waals surface area (Å²) < 4.78 is 17.4. The van der Waals surface area contributed by atoms with Crippen molar-refractivity contribution < 1.29 is 14.2 Å². The van der Waals surface area contributed by atoms with Crippen LogP contribution in [0.4, 0.5) is 0 Å². The fourth-order valence-electron chi connectivity index (χ4n) is 4.72.